The highest BCUT2D eigenvalue weighted by Gasteiger charge is 2.33. The Morgan fingerprint density at radius 1 is 1.39 bits per heavy atom. The Morgan fingerprint density at radius 3 is 2.67 bits per heavy atom. The molecular formula is C12H12BrNO4. The van der Waals surface area contributed by atoms with Crippen molar-refractivity contribution in [2.75, 3.05) is 13.1 Å². The van der Waals surface area contributed by atoms with Crippen molar-refractivity contribution in [2.45, 2.75) is 6.42 Å². The molecule has 0 atom stereocenters. The van der Waals surface area contributed by atoms with E-state index in [2.05, 4.69) is 15.9 Å². The lowest BCUT2D eigenvalue weighted by molar-refractivity contribution is -0.139. The van der Waals surface area contributed by atoms with E-state index in [1.54, 1.807) is 12.1 Å². The van der Waals surface area contributed by atoms with Gasteiger partial charge in [0.05, 0.1) is 12.0 Å². The van der Waals surface area contributed by atoms with Gasteiger partial charge in [0.2, 0.25) is 0 Å². The molecule has 5 nitrogen and oxygen atoms in total. The third-order valence-electron chi connectivity index (χ3n) is 2.90. The van der Waals surface area contributed by atoms with Crippen LogP contribution in [-0.2, 0) is 4.79 Å². The molecule has 0 saturated carbocycles. The largest absolute Gasteiger partial charge is 0.507 e. The Kier molecular flexibility index (Phi) is 3.56. The Balaban J connectivity index is 2.01. The molecule has 0 aliphatic carbocycles. The third kappa shape index (κ3) is 2.64. The summed E-state index contributed by atoms with van der Waals surface area (Å²) in [6.45, 7) is 0.855. The molecule has 96 valence electrons. The Morgan fingerprint density at radius 2 is 2.06 bits per heavy atom. The predicted octanol–water partition coefficient (Wildman–Crippen LogP) is 1.70. The van der Waals surface area contributed by atoms with Gasteiger partial charge in [0.15, 0.2) is 0 Å². The van der Waals surface area contributed by atoms with Gasteiger partial charge in [-0.1, -0.05) is 15.9 Å². The first-order valence-corrected chi connectivity index (χ1v) is 6.26. The van der Waals surface area contributed by atoms with Crippen molar-refractivity contribution in [1.29, 1.82) is 0 Å². The number of phenols is 1. The summed E-state index contributed by atoms with van der Waals surface area (Å²) in [6, 6.07) is 4.66. The van der Waals surface area contributed by atoms with Crippen LogP contribution in [0, 0.1) is 5.92 Å². The van der Waals surface area contributed by atoms with Gasteiger partial charge in [-0.05, 0) is 18.2 Å². The van der Waals surface area contributed by atoms with Crippen LogP contribution in [0.3, 0.4) is 0 Å². The molecule has 1 aliphatic rings. The van der Waals surface area contributed by atoms with Crippen molar-refractivity contribution in [2.24, 2.45) is 5.92 Å². The van der Waals surface area contributed by atoms with Crippen LogP contribution in [-0.4, -0.2) is 40.1 Å². The van der Waals surface area contributed by atoms with Crippen LogP contribution >= 0.6 is 15.9 Å². The van der Waals surface area contributed by atoms with Gasteiger partial charge in [-0.25, -0.2) is 0 Å². The van der Waals surface area contributed by atoms with E-state index >= 15 is 0 Å². The van der Waals surface area contributed by atoms with E-state index in [-0.39, 0.29) is 29.6 Å². The summed E-state index contributed by atoms with van der Waals surface area (Å²) < 4.78 is 0.714. The van der Waals surface area contributed by atoms with Crippen LogP contribution in [0.5, 0.6) is 5.75 Å². The van der Waals surface area contributed by atoms with Gasteiger partial charge in [0.1, 0.15) is 5.75 Å². The standard InChI is InChI=1S/C12H12BrNO4/c13-8-1-2-10(15)9(4-8)12(18)14-5-7(6-14)3-11(16)17/h1-2,4,7,15H,3,5-6H2,(H,16,17). The summed E-state index contributed by atoms with van der Waals surface area (Å²) in [5.74, 6) is -1.17. The van der Waals surface area contributed by atoms with Gasteiger partial charge in [-0.15, -0.1) is 0 Å². The third-order valence-corrected chi connectivity index (χ3v) is 3.39. The fourth-order valence-corrected chi connectivity index (χ4v) is 2.32. The number of likely N-dealkylation sites (tertiary alicyclic amines) is 1. The zero-order valence-electron chi connectivity index (χ0n) is 9.47. The van der Waals surface area contributed by atoms with E-state index in [0.717, 1.165) is 0 Å². The molecule has 1 aliphatic heterocycles. The van der Waals surface area contributed by atoms with Gasteiger partial charge in [0, 0.05) is 23.5 Å². The van der Waals surface area contributed by atoms with Crippen LogP contribution in [0.4, 0.5) is 0 Å². The second kappa shape index (κ2) is 4.97. The number of hydrogen-bond acceptors (Lipinski definition) is 3. The summed E-state index contributed by atoms with van der Waals surface area (Å²) in [4.78, 5) is 24.1. The van der Waals surface area contributed by atoms with Gasteiger partial charge in [-0.3, -0.25) is 9.59 Å². The lowest BCUT2D eigenvalue weighted by Crippen LogP contribution is -2.50. The molecule has 1 saturated heterocycles. The number of nitrogens with zero attached hydrogens (tertiary/aromatic N) is 1. The molecule has 1 aromatic rings. The number of aliphatic carboxylic acids is 1. The minimum Gasteiger partial charge on any atom is -0.507 e. The number of benzene rings is 1. The van der Waals surface area contributed by atoms with E-state index in [1.165, 1.54) is 11.0 Å². The van der Waals surface area contributed by atoms with E-state index in [0.29, 0.717) is 17.6 Å². The maximum atomic E-state index is 12.0. The molecule has 1 fully saturated rings. The summed E-state index contributed by atoms with van der Waals surface area (Å²) in [7, 11) is 0. The van der Waals surface area contributed by atoms with Crippen molar-refractivity contribution in [3.8, 4) is 5.75 Å². The summed E-state index contributed by atoms with van der Waals surface area (Å²) in [6.07, 6.45) is 0.0776. The van der Waals surface area contributed by atoms with Crippen LogP contribution in [0.2, 0.25) is 0 Å². The quantitative estimate of drug-likeness (QED) is 0.890. The second-order valence-corrected chi connectivity index (χ2v) is 5.25. The Bertz CT molecular complexity index is 497. The van der Waals surface area contributed by atoms with Gasteiger partial charge in [0.25, 0.3) is 5.91 Å². The van der Waals surface area contributed by atoms with Crippen molar-refractivity contribution in [3.05, 3.63) is 28.2 Å². The number of phenolic OH excluding ortho intramolecular Hbond substituents is 1. The summed E-state index contributed by atoms with van der Waals surface area (Å²) in [5, 5.41) is 18.2. The number of halogens is 1. The molecule has 18 heavy (non-hydrogen) atoms. The number of carboxylic acid groups (broad SMARTS) is 1. The van der Waals surface area contributed by atoms with Crippen molar-refractivity contribution in [3.63, 3.8) is 0 Å². The zero-order chi connectivity index (χ0) is 13.3. The van der Waals surface area contributed by atoms with E-state index < -0.39 is 5.97 Å². The Labute approximate surface area is 112 Å². The number of carbonyl (C=O) groups excluding carboxylic acids is 1. The number of amides is 1. The predicted molar refractivity (Wildman–Crippen MR) is 67.5 cm³/mol. The molecule has 0 unspecified atom stereocenters. The van der Waals surface area contributed by atoms with Crippen LogP contribution < -0.4 is 0 Å². The highest BCUT2D eigenvalue weighted by atomic mass is 79.9. The van der Waals surface area contributed by atoms with E-state index in [4.69, 9.17) is 5.11 Å². The lowest BCUT2D eigenvalue weighted by Gasteiger charge is -2.38. The lowest BCUT2D eigenvalue weighted by atomic mass is 9.95. The first-order valence-electron chi connectivity index (χ1n) is 5.47. The maximum Gasteiger partial charge on any atom is 0.303 e. The van der Waals surface area contributed by atoms with Crippen LogP contribution in [0.15, 0.2) is 22.7 Å². The zero-order valence-corrected chi connectivity index (χ0v) is 11.1. The number of hydrogen-bond donors (Lipinski definition) is 2. The molecule has 2 rings (SSSR count). The molecule has 1 amide bonds. The van der Waals surface area contributed by atoms with Gasteiger partial charge < -0.3 is 15.1 Å². The number of aromatic hydroxyl groups is 1. The first kappa shape index (κ1) is 12.9. The highest BCUT2D eigenvalue weighted by Crippen LogP contribution is 2.27. The maximum absolute atomic E-state index is 12.0. The van der Waals surface area contributed by atoms with Gasteiger partial charge in [-0.2, -0.15) is 0 Å². The van der Waals surface area contributed by atoms with Crippen molar-refractivity contribution >= 4 is 27.8 Å². The fraction of sp³-hybridized carbons (Fsp3) is 0.333. The SMILES string of the molecule is O=C(O)CC1CN(C(=O)c2cc(Br)ccc2O)C1. The fourth-order valence-electron chi connectivity index (χ4n) is 1.96. The summed E-state index contributed by atoms with van der Waals surface area (Å²) in [5.41, 5.74) is 0.234. The molecule has 1 aromatic carbocycles. The van der Waals surface area contributed by atoms with Crippen molar-refractivity contribution in [1.82, 2.24) is 4.90 Å². The molecule has 0 bridgehead atoms. The highest BCUT2D eigenvalue weighted by molar-refractivity contribution is 9.10. The molecule has 0 radical (unpaired) electrons. The number of rotatable bonds is 3. The van der Waals surface area contributed by atoms with Crippen LogP contribution in [0.1, 0.15) is 16.8 Å². The molecular weight excluding hydrogens is 302 g/mol. The average Bonchev–Trinajstić information content (AvgIpc) is 2.25. The monoisotopic (exact) mass is 313 g/mol. The molecule has 0 spiro atoms. The van der Waals surface area contributed by atoms with E-state index in [9.17, 15) is 14.7 Å². The number of carbonyl (C=O) groups is 2. The molecule has 0 aromatic heterocycles. The topological polar surface area (TPSA) is 77.8 Å². The minimum absolute atomic E-state index is 0.0146. The van der Waals surface area contributed by atoms with Gasteiger partial charge >= 0.3 is 5.97 Å². The smallest absolute Gasteiger partial charge is 0.303 e. The average molecular weight is 314 g/mol. The first-order chi connectivity index (χ1) is 8.47. The normalized spacial score (nSPS) is 15.3. The molecule has 2 N–H and O–H groups in total. The summed E-state index contributed by atoms with van der Waals surface area (Å²) >= 11 is 3.24. The van der Waals surface area contributed by atoms with E-state index in [1.807, 2.05) is 0 Å². The second-order valence-electron chi connectivity index (χ2n) is 4.34. The molecule has 6 heteroatoms. The Hall–Kier alpha value is -1.56. The van der Waals surface area contributed by atoms with Crippen molar-refractivity contribution < 1.29 is 19.8 Å². The number of carboxylic acids is 1. The van der Waals surface area contributed by atoms with Crippen LogP contribution in [0.25, 0.3) is 0 Å². The minimum atomic E-state index is -0.850. The molecule has 1 heterocycles.